The van der Waals surface area contributed by atoms with Crippen LogP contribution in [0.2, 0.25) is 0 Å². The number of hydrogen-bond donors (Lipinski definition) is 1. The van der Waals surface area contributed by atoms with Crippen molar-refractivity contribution >= 4 is 27.5 Å². The number of fused-ring (bicyclic) bond motifs is 1. The van der Waals surface area contributed by atoms with Crippen molar-refractivity contribution in [1.29, 1.82) is 0 Å². The van der Waals surface area contributed by atoms with Gasteiger partial charge in [-0.2, -0.15) is 0 Å². The molecule has 96 valence electrons. The van der Waals surface area contributed by atoms with E-state index in [2.05, 4.69) is 10.1 Å². The quantitative estimate of drug-likeness (QED) is 0.772. The summed E-state index contributed by atoms with van der Waals surface area (Å²) in [6.45, 7) is 0.0972. The molecule has 3 aromatic rings. The Hall–Kier alpha value is -2.48. The first-order valence-corrected chi connectivity index (χ1v) is 6.14. The van der Waals surface area contributed by atoms with E-state index < -0.39 is 5.97 Å². The molecule has 7 nitrogen and oxygen atoms in total. The Bertz CT molecular complexity index is 817. The zero-order valence-electron chi connectivity index (χ0n) is 9.44. The van der Waals surface area contributed by atoms with Gasteiger partial charge in [-0.25, -0.2) is 9.78 Å². The van der Waals surface area contributed by atoms with Crippen molar-refractivity contribution in [2.24, 2.45) is 0 Å². The number of nitrogens with zero attached hydrogens (tertiary/aromatic N) is 3. The molecule has 0 aliphatic rings. The van der Waals surface area contributed by atoms with Crippen LogP contribution < -0.4 is 5.56 Å². The fraction of sp³-hybridized carbons (Fsp3) is 0.0909. The molecule has 3 heterocycles. The minimum absolute atomic E-state index is 0.0972. The van der Waals surface area contributed by atoms with Crippen molar-refractivity contribution in [1.82, 2.24) is 14.7 Å². The number of carbonyl (C=O) groups is 1. The van der Waals surface area contributed by atoms with Crippen LogP contribution in [0.15, 0.2) is 33.2 Å². The van der Waals surface area contributed by atoms with E-state index in [1.807, 2.05) is 0 Å². The highest BCUT2D eigenvalue weighted by Gasteiger charge is 2.12. The van der Waals surface area contributed by atoms with Crippen molar-refractivity contribution in [3.63, 3.8) is 0 Å². The Kier molecular flexibility index (Phi) is 2.64. The summed E-state index contributed by atoms with van der Waals surface area (Å²) in [6.07, 6.45) is 1.40. The molecule has 0 saturated heterocycles. The average molecular weight is 277 g/mol. The minimum atomic E-state index is -1.17. The Morgan fingerprint density at radius 2 is 2.37 bits per heavy atom. The number of rotatable bonds is 3. The molecule has 0 bridgehead atoms. The van der Waals surface area contributed by atoms with Gasteiger partial charge in [0.1, 0.15) is 4.70 Å². The number of carboxylic acid groups (broad SMARTS) is 1. The third-order valence-corrected chi connectivity index (χ3v) is 3.43. The largest absolute Gasteiger partial charge is 0.476 e. The normalized spacial score (nSPS) is 10.9. The fourth-order valence-electron chi connectivity index (χ4n) is 1.65. The summed E-state index contributed by atoms with van der Waals surface area (Å²) in [5, 5.41) is 13.9. The number of hydrogen-bond acceptors (Lipinski definition) is 6. The molecule has 0 aromatic carbocycles. The summed E-state index contributed by atoms with van der Waals surface area (Å²) in [5.41, 5.74) is 0.275. The van der Waals surface area contributed by atoms with Crippen LogP contribution in [-0.2, 0) is 6.54 Å². The standard InChI is InChI=1S/C11H7N3O4S/c15-10-9-7(1-2-19-9)12-5-14(10)4-6-3-8(11(16)17)13-18-6/h1-3,5H,4H2,(H,16,17). The smallest absolute Gasteiger partial charge is 0.358 e. The van der Waals surface area contributed by atoms with Crippen molar-refractivity contribution in [2.75, 3.05) is 0 Å². The van der Waals surface area contributed by atoms with E-state index in [9.17, 15) is 9.59 Å². The number of thiophene rings is 1. The molecule has 19 heavy (non-hydrogen) atoms. The molecule has 0 saturated carbocycles. The second-order valence-electron chi connectivity index (χ2n) is 3.80. The van der Waals surface area contributed by atoms with Crippen molar-refractivity contribution < 1.29 is 14.4 Å². The third kappa shape index (κ3) is 2.02. The number of aromatic nitrogens is 3. The average Bonchev–Trinajstić information content (AvgIpc) is 3.01. The summed E-state index contributed by atoms with van der Waals surface area (Å²) in [7, 11) is 0. The van der Waals surface area contributed by atoms with E-state index in [-0.39, 0.29) is 23.6 Å². The molecule has 3 aromatic heterocycles. The molecular formula is C11H7N3O4S. The van der Waals surface area contributed by atoms with Gasteiger partial charge in [0.15, 0.2) is 11.5 Å². The van der Waals surface area contributed by atoms with Gasteiger partial charge in [0.25, 0.3) is 5.56 Å². The Morgan fingerprint density at radius 3 is 3.11 bits per heavy atom. The van der Waals surface area contributed by atoms with E-state index in [1.165, 1.54) is 28.3 Å². The lowest BCUT2D eigenvalue weighted by Crippen LogP contribution is -2.19. The van der Waals surface area contributed by atoms with Gasteiger partial charge < -0.3 is 9.63 Å². The number of carboxylic acids is 1. The lowest BCUT2D eigenvalue weighted by Gasteiger charge is -2.00. The predicted octanol–water partition coefficient (Wildman–Crippen LogP) is 1.19. The third-order valence-electron chi connectivity index (χ3n) is 2.54. The zero-order chi connectivity index (χ0) is 13.4. The van der Waals surface area contributed by atoms with Crippen LogP contribution in [-0.4, -0.2) is 25.8 Å². The lowest BCUT2D eigenvalue weighted by molar-refractivity contribution is 0.0685. The predicted molar refractivity (Wildman–Crippen MR) is 66.4 cm³/mol. The first-order chi connectivity index (χ1) is 9.15. The number of aromatic carboxylic acids is 1. The molecule has 3 rings (SSSR count). The molecule has 0 aliphatic carbocycles. The maximum Gasteiger partial charge on any atom is 0.358 e. The maximum absolute atomic E-state index is 12.1. The van der Waals surface area contributed by atoms with Gasteiger partial charge in [0, 0.05) is 6.07 Å². The highest BCUT2D eigenvalue weighted by Crippen LogP contribution is 2.13. The van der Waals surface area contributed by atoms with Gasteiger partial charge in [-0.15, -0.1) is 11.3 Å². The van der Waals surface area contributed by atoms with Crippen molar-refractivity contribution in [3.05, 3.63) is 45.6 Å². The molecule has 8 heteroatoms. The van der Waals surface area contributed by atoms with Crippen LogP contribution in [0.25, 0.3) is 10.2 Å². The van der Waals surface area contributed by atoms with Crippen LogP contribution in [0.5, 0.6) is 0 Å². The minimum Gasteiger partial charge on any atom is -0.476 e. The van der Waals surface area contributed by atoms with Crippen LogP contribution >= 0.6 is 11.3 Å². The summed E-state index contributed by atoms with van der Waals surface area (Å²) >= 11 is 1.31. The van der Waals surface area contributed by atoms with E-state index >= 15 is 0 Å². The summed E-state index contributed by atoms with van der Waals surface area (Å²) < 4.78 is 6.77. The fourth-order valence-corrected chi connectivity index (χ4v) is 2.44. The van der Waals surface area contributed by atoms with Gasteiger partial charge in [-0.3, -0.25) is 9.36 Å². The van der Waals surface area contributed by atoms with E-state index in [1.54, 1.807) is 11.4 Å². The SMILES string of the molecule is O=C(O)c1cc(Cn2cnc3ccsc3c2=O)on1. The Morgan fingerprint density at radius 1 is 1.53 bits per heavy atom. The topological polar surface area (TPSA) is 98.2 Å². The van der Waals surface area contributed by atoms with Crippen molar-refractivity contribution in [3.8, 4) is 0 Å². The van der Waals surface area contributed by atoms with Gasteiger partial charge in [0.05, 0.1) is 18.4 Å². The first-order valence-electron chi connectivity index (χ1n) is 5.26. The molecule has 0 radical (unpaired) electrons. The van der Waals surface area contributed by atoms with Crippen LogP contribution in [0, 0.1) is 0 Å². The molecule has 0 aliphatic heterocycles. The molecule has 0 atom stereocenters. The second-order valence-corrected chi connectivity index (χ2v) is 4.71. The second kappa shape index (κ2) is 4.32. The lowest BCUT2D eigenvalue weighted by atomic mass is 10.3. The Balaban J connectivity index is 1.98. The summed E-state index contributed by atoms with van der Waals surface area (Å²) in [5.74, 6) is -0.883. The molecule has 1 N–H and O–H groups in total. The van der Waals surface area contributed by atoms with Gasteiger partial charge in [-0.1, -0.05) is 5.16 Å². The monoisotopic (exact) mass is 277 g/mol. The van der Waals surface area contributed by atoms with Gasteiger partial charge >= 0.3 is 5.97 Å². The van der Waals surface area contributed by atoms with E-state index in [0.717, 1.165) is 0 Å². The highest BCUT2D eigenvalue weighted by atomic mass is 32.1. The molecule has 0 fully saturated rings. The molecule has 0 spiro atoms. The zero-order valence-corrected chi connectivity index (χ0v) is 10.3. The highest BCUT2D eigenvalue weighted by molar-refractivity contribution is 7.17. The molecular weight excluding hydrogens is 270 g/mol. The van der Waals surface area contributed by atoms with E-state index in [0.29, 0.717) is 10.2 Å². The molecule has 0 unspecified atom stereocenters. The summed E-state index contributed by atoms with van der Waals surface area (Å²) in [4.78, 5) is 26.9. The van der Waals surface area contributed by atoms with E-state index in [4.69, 9.17) is 9.63 Å². The van der Waals surface area contributed by atoms with Gasteiger partial charge in [-0.05, 0) is 11.4 Å². The first kappa shape index (κ1) is 11.6. The maximum atomic E-state index is 12.1. The van der Waals surface area contributed by atoms with Gasteiger partial charge in [0.2, 0.25) is 0 Å². The van der Waals surface area contributed by atoms with Crippen LogP contribution in [0.1, 0.15) is 16.2 Å². The van der Waals surface area contributed by atoms with Crippen LogP contribution in [0.4, 0.5) is 0 Å². The Labute approximate surface area is 109 Å². The van der Waals surface area contributed by atoms with Crippen LogP contribution in [0.3, 0.4) is 0 Å². The molecule has 0 amide bonds. The summed E-state index contributed by atoms with van der Waals surface area (Å²) in [6, 6.07) is 3.05. The van der Waals surface area contributed by atoms with Crippen molar-refractivity contribution in [2.45, 2.75) is 6.54 Å².